The van der Waals surface area contributed by atoms with Gasteiger partial charge in [-0.25, -0.2) is 4.98 Å². The summed E-state index contributed by atoms with van der Waals surface area (Å²) in [7, 11) is 0. The van der Waals surface area contributed by atoms with Crippen LogP contribution < -0.4 is 17.0 Å². The fourth-order valence-corrected chi connectivity index (χ4v) is 3.08. The Morgan fingerprint density at radius 2 is 2.36 bits per heavy atom. The van der Waals surface area contributed by atoms with Crippen LogP contribution in [0.3, 0.4) is 0 Å². The van der Waals surface area contributed by atoms with E-state index in [9.17, 15) is 0 Å². The number of nitrogens with zero attached hydrogens (tertiary/aromatic N) is 2. The van der Waals surface area contributed by atoms with Crippen LogP contribution in [-0.2, 0) is 6.54 Å². The second kappa shape index (κ2) is 4.08. The highest BCUT2D eigenvalue weighted by Crippen LogP contribution is 2.30. The van der Waals surface area contributed by atoms with Crippen LogP contribution >= 0.6 is 23.1 Å². The minimum atomic E-state index is 0. The monoisotopic (exact) mass is 287 g/mol. The number of hydrogen-bond acceptors (Lipinski definition) is 3. The van der Waals surface area contributed by atoms with E-state index >= 15 is 0 Å². The van der Waals surface area contributed by atoms with E-state index in [0.717, 1.165) is 12.2 Å². The van der Waals surface area contributed by atoms with E-state index in [1.165, 1.54) is 15.8 Å². The molecule has 2 aromatic heterocycles. The largest absolute Gasteiger partial charge is 1.00 e. The summed E-state index contributed by atoms with van der Waals surface area (Å²) in [5.74, 6) is 1.17. The molecule has 3 heterocycles. The second-order valence-electron chi connectivity index (χ2n) is 2.93. The zero-order chi connectivity index (χ0) is 8.67. The fraction of sp³-hybridized carbons (Fsp3) is 0.222. The fourth-order valence-electron chi connectivity index (χ4n) is 1.45. The van der Waals surface area contributed by atoms with E-state index in [1.54, 1.807) is 11.3 Å². The molecule has 5 heteroatoms. The van der Waals surface area contributed by atoms with Gasteiger partial charge < -0.3 is 21.5 Å². The number of imidazole rings is 1. The van der Waals surface area contributed by atoms with Crippen LogP contribution in [0.5, 0.6) is 0 Å². The molecule has 14 heavy (non-hydrogen) atoms. The van der Waals surface area contributed by atoms with Crippen molar-refractivity contribution in [3.8, 4) is 10.6 Å². The summed E-state index contributed by atoms with van der Waals surface area (Å²) < 4.78 is 2.24. The Morgan fingerprint density at radius 3 is 3.07 bits per heavy atom. The molecule has 0 bridgehead atoms. The molecule has 0 spiro atoms. The number of halogens is 1. The van der Waals surface area contributed by atoms with Gasteiger partial charge in [-0.05, 0) is 11.4 Å². The van der Waals surface area contributed by atoms with E-state index in [-0.39, 0.29) is 17.0 Å². The van der Waals surface area contributed by atoms with Gasteiger partial charge >= 0.3 is 0 Å². The van der Waals surface area contributed by atoms with Crippen molar-refractivity contribution < 1.29 is 17.0 Å². The van der Waals surface area contributed by atoms with Gasteiger partial charge in [-0.2, -0.15) is 0 Å². The number of fused-ring (bicyclic) bond motifs is 1. The molecule has 1 aliphatic heterocycles. The molecule has 0 atom stereocenters. The maximum atomic E-state index is 4.57. The molecular formula is C9H8BrN2S2-. The third kappa shape index (κ3) is 1.64. The van der Waals surface area contributed by atoms with Crippen molar-refractivity contribution >= 4 is 23.1 Å². The van der Waals surface area contributed by atoms with Gasteiger partial charge in [0.1, 0.15) is 0 Å². The van der Waals surface area contributed by atoms with Gasteiger partial charge in [0, 0.05) is 18.5 Å². The Balaban J connectivity index is 0.000000750. The summed E-state index contributed by atoms with van der Waals surface area (Å²) in [6.07, 6.45) is 2.15. The third-order valence-electron chi connectivity index (χ3n) is 2.08. The first-order valence-electron chi connectivity index (χ1n) is 4.17. The Labute approximate surface area is 101 Å². The molecule has 0 N–H and O–H groups in total. The zero-order valence-electron chi connectivity index (χ0n) is 7.31. The molecule has 2 nitrogen and oxygen atoms in total. The van der Waals surface area contributed by atoms with Crippen LogP contribution in [0.2, 0.25) is 0 Å². The Kier molecular flexibility index (Phi) is 2.99. The molecule has 0 radical (unpaired) electrons. The van der Waals surface area contributed by atoms with Gasteiger partial charge in [-0.3, -0.25) is 0 Å². The van der Waals surface area contributed by atoms with Crippen molar-refractivity contribution in [2.24, 2.45) is 0 Å². The van der Waals surface area contributed by atoms with E-state index in [2.05, 4.69) is 33.3 Å². The highest BCUT2D eigenvalue weighted by molar-refractivity contribution is 7.99. The van der Waals surface area contributed by atoms with Crippen molar-refractivity contribution in [1.82, 2.24) is 9.55 Å². The van der Waals surface area contributed by atoms with Crippen LogP contribution in [0.25, 0.3) is 10.6 Å². The smallest absolute Gasteiger partial charge is 0.168 e. The topological polar surface area (TPSA) is 17.8 Å². The quantitative estimate of drug-likeness (QED) is 0.718. The normalized spacial score (nSPS) is 13.7. The van der Waals surface area contributed by atoms with Gasteiger partial charge in [0.2, 0.25) is 0 Å². The Bertz CT molecular complexity index is 400. The number of aromatic nitrogens is 2. The predicted molar refractivity (Wildman–Crippen MR) is 56.3 cm³/mol. The van der Waals surface area contributed by atoms with Crippen molar-refractivity contribution in [2.75, 3.05) is 5.75 Å². The highest BCUT2D eigenvalue weighted by Gasteiger charge is 2.15. The lowest BCUT2D eigenvalue weighted by molar-refractivity contribution is -0.00000250. The van der Waals surface area contributed by atoms with Gasteiger partial charge in [0.05, 0.1) is 10.6 Å². The summed E-state index contributed by atoms with van der Waals surface area (Å²) in [4.78, 5) is 5.84. The number of thiophene rings is 1. The summed E-state index contributed by atoms with van der Waals surface area (Å²) >= 11 is 3.59. The summed E-state index contributed by atoms with van der Waals surface area (Å²) in [5, 5.41) is 3.26. The Hall–Kier alpha value is -0.260. The highest BCUT2D eigenvalue weighted by atomic mass is 79.9. The first-order valence-corrected chi connectivity index (χ1v) is 6.04. The number of rotatable bonds is 1. The average molecular weight is 288 g/mol. The van der Waals surface area contributed by atoms with Crippen LogP contribution in [0.4, 0.5) is 0 Å². The van der Waals surface area contributed by atoms with Crippen LogP contribution in [-0.4, -0.2) is 15.3 Å². The van der Waals surface area contributed by atoms with Gasteiger partial charge in [0.15, 0.2) is 5.16 Å². The van der Waals surface area contributed by atoms with Crippen LogP contribution in [0.1, 0.15) is 0 Å². The summed E-state index contributed by atoms with van der Waals surface area (Å²) in [5.41, 5.74) is 1.12. The standard InChI is InChI=1S/C9H8N2S2.BrH/c1-2-8(12-4-1)7-6-11-3-5-13-9(11)10-7;/h1-2,4,6H,3,5H2;1H/p-1. The molecule has 0 amide bonds. The second-order valence-corrected chi connectivity index (χ2v) is 4.94. The number of hydrogen-bond donors (Lipinski definition) is 0. The Morgan fingerprint density at radius 1 is 1.43 bits per heavy atom. The van der Waals surface area contributed by atoms with Gasteiger partial charge in [-0.15, -0.1) is 11.3 Å². The lowest BCUT2D eigenvalue weighted by Crippen LogP contribution is -3.00. The van der Waals surface area contributed by atoms with Crippen LogP contribution in [0.15, 0.2) is 28.9 Å². The lowest BCUT2D eigenvalue weighted by atomic mass is 10.4. The van der Waals surface area contributed by atoms with Crippen molar-refractivity contribution in [2.45, 2.75) is 11.7 Å². The average Bonchev–Trinajstić information content (AvgIpc) is 2.78. The molecule has 74 valence electrons. The lowest BCUT2D eigenvalue weighted by Gasteiger charge is -1.89. The first-order chi connectivity index (χ1) is 6.43. The maximum Gasteiger partial charge on any atom is 0.168 e. The van der Waals surface area contributed by atoms with Crippen LogP contribution in [0, 0.1) is 0 Å². The summed E-state index contributed by atoms with van der Waals surface area (Å²) in [6.45, 7) is 1.11. The first kappa shape index (κ1) is 10.3. The molecule has 0 saturated heterocycles. The molecule has 0 unspecified atom stereocenters. The minimum Gasteiger partial charge on any atom is -1.00 e. The third-order valence-corrected chi connectivity index (χ3v) is 3.94. The van der Waals surface area contributed by atoms with Crippen molar-refractivity contribution in [1.29, 1.82) is 0 Å². The van der Waals surface area contributed by atoms with Gasteiger partial charge in [0.25, 0.3) is 0 Å². The van der Waals surface area contributed by atoms with Crippen molar-refractivity contribution in [3.63, 3.8) is 0 Å². The molecule has 0 saturated carbocycles. The summed E-state index contributed by atoms with van der Waals surface area (Å²) in [6, 6.07) is 4.19. The van der Waals surface area contributed by atoms with E-state index in [0.29, 0.717) is 0 Å². The van der Waals surface area contributed by atoms with Gasteiger partial charge in [-0.1, -0.05) is 17.8 Å². The minimum absolute atomic E-state index is 0. The molecule has 1 aliphatic rings. The molecule has 3 rings (SSSR count). The predicted octanol–water partition coefficient (Wildman–Crippen LogP) is -0.279. The number of thioether (sulfide) groups is 1. The van der Waals surface area contributed by atoms with E-state index in [1.807, 2.05) is 11.8 Å². The molecular weight excluding hydrogens is 280 g/mol. The molecule has 0 fully saturated rings. The molecule has 2 aromatic rings. The van der Waals surface area contributed by atoms with E-state index < -0.39 is 0 Å². The van der Waals surface area contributed by atoms with Crippen molar-refractivity contribution in [3.05, 3.63) is 23.7 Å². The number of aryl methyl sites for hydroxylation is 1. The molecule has 0 aromatic carbocycles. The maximum absolute atomic E-state index is 4.57. The zero-order valence-corrected chi connectivity index (χ0v) is 10.5. The molecule has 0 aliphatic carbocycles. The SMILES string of the molecule is [Br-].c1csc(-c2cn3c(n2)SCC3)c1. The van der Waals surface area contributed by atoms with E-state index in [4.69, 9.17) is 0 Å².